The number of ether oxygens (including phenoxy) is 1. The molecule has 1 aliphatic heterocycles. The Morgan fingerprint density at radius 1 is 1.15 bits per heavy atom. The molecule has 1 aliphatic carbocycles. The molecule has 4 atom stereocenters. The highest BCUT2D eigenvalue weighted by Gasteiger charge is 2.32. The van der Waals surface area contributed by atoms with Crippen LogP contribution in [-0.4, -0.2) is 60.3 Å². The molecule has 178 valence electrons. The molecule has 10 heteroatoms. The molecule has 1 saturated heterocycles. The summed E-state index contributed by atoms with van der Waals surface area (Å²) in [6.45, 7) is 3.05. The Morgan fingerprint density at radius 2 is 2.03 bits per heavy atom. The fourth-order valence-electron chi connectivity index (χ4n) is 5.49. The summed E-state index contributed by atoms with van der Waals surface area (Å²) < 4.78 is 8.92. The van der Waals surface area contributed by atoms with Crippen LogP contribution < -0.4 is 15.4 Å². The zero-order chi connectivity index (χ0) is 23.4. The fraction of sp³-hybridized carbons (Fsp3) is 0.500. The van der Waals surface area contributed by atoms with Gasteiger partial charge in [0.2, 0.25) is 5.95 Å². The zero-order valence-electron chi connectivity index (χ0n) is 19.5. The molecule has 2 fully saturated rings. The smallest absolute Gasteiger partial charge is 0.223 e. The van der Waals surface area contributed by atoms with E-state index in [1.165, 1.54) is 0 Å². The fourth-order valence-corrected chi connectivity index (χ4v) is 5.49. The van der Waals surface area contributed by atoms with Crippen LogP contribution in [0.1, 0.15) is 56.8 Å². The molecular weight excluding hydrogens is 432 g/mol. The summed E-state index contributed by atoms with van der Waals surface area (Å²) >= 11 is 0. The van der Waals surface area contributed by atoms with Crippen molar-refractivity contribution in [2.75, 3.05) is 24.3 Å². The first-order valence-corrected chi connectivity index (χ1v) is 12.0. The zero-order valence-corrected chi connectivity index (χ0v) is 19.5. The predicted octanol–water partition coefficient (Wildman–Crippen LogP) is 2.92. The number of methoxy groups -OCH3 is 1. The van der Waals surface area contributed by atoms with Crippen LogP contribution in [0.15, 0.2) is 30.6 Å². The van der Waals surface area contributed by atoms with Gasteiger partial charge in [-0.1, -0.05) is 0 Å². The lowest BCUT2D eigenvalue weighted by Crippen LogP contribution is -2.41. The van der Waals surface area contributed by atoms with E-state index in [0.717, 1.165) is 66.8 Å². The van der Waals surface area contributed by atoms with E-state index in [9.17, 15) is 5.11 Å². The van der Waals surface area contributed by atoms with Crippen molar-refractivity contribution in [2.45, 2.75) is 63.1 Å². The number of rotatable bonds is 4. The van der Waals surface area contributed by atoms with Gasteiger partial charge in [-0.05, 0) is 51.2 Å². The number of aliphatic hydroxyl groups is 1. The normalized spacial score (nSPS) is 25.4. The summed E-state index contributed by atoms with van der Waals surface area (Å²) in [6, 6.07) is 6.18. The molecule has 4 heterocycles. The van der Waals surface area contributed by atoms with Crippen LogP contribution in [0.25, 0.3) is 16.6 Å². The first kappa shape index (κ1) is 21.2. The molecule has 3 N–H and O–H groups in total. The molecule has 10 nitrogen and oxygen atoms in total. The minimum absolute atomic E-state index is 0.0760. The van der Waals surface area contributed by atoms with Gasteiger partial charge in [0.05, 0.1) is 36.7 Å². The van der Waals surface area contributed by atoms with E-state index >= 15 is 0 Å². The summed E-state index contributed by atoms with van der Waals surface area (Å²) in [5.41, 5.74) is 8.78. The van der Waals surface area contributed by atoms with Crippen LogP contribution in [-0.2, 0) is 0 Å². The van der Waals surface area contributed by atoms with Crippen molar-refractivity contribution in [2.24, 2.45) is 0 Å². The average Bonchev–Trinajstić information content (AvgIpc) is 3.58. The monoisotopic (exact) mass is 462 g/mol. The van der Waals surface area contributed by atoms with Crippen molar-refractivity contribution < 1.29 is 9.84 Å². The summed E-state index contributed by atoms with van der Waals surface area (Å²) in [6.07, 6.45) is 8.59. The van der Waals surface area contributed by atoms with E-state index in [4.69, 9.17) is 20.6 Å². The molecule has 0 spiro atoms. The Bertz CT molecular complexity index is 1350. The second-order valence-corrected chi connectivity index (χ2v) is 9.58. The molecular formula is C24H30N8O2. The number of aliphatic hydroxyl groups excluding tert-OH is 1. The van der Waals surface area contributed by atoms with Gasteiger partial charge in [0.1, 0.15) is 5.75 Å². The molecule has 6 rings (SSSR count). The second kappa shape index (κ2) is 8.12. The Balaban J connectivity index is 1.31. The molecule has 0 amide bonds. The molecule has 3 aromatic heterocycles. The lowest BCUT2D eigenvalue weighted by molar-refractivity contribution is 0.130. The number of nitrogen functional groups attached to an aromatic ring is 1. The van der Waals surface area contributed by atoms with Crippen molar-refractivity contribution in [1.82, 2.24) is 29.4 Å². The Labute approximate surface area is 197 Å². The van der Waals surface area contributed by atoms with Crippen LogP contribution >= 0.6 is 0 Å². The van der Waals surface area contributed by atoms with Gasteiger partial charge in [-0.15, -0.1) is 5.10 Å². The molecule has 1 unspecified atom stereocenters. The summed E-state index contributed by atoms with van der Waals surface area (Å²) in [5.74, 6) is 1.99. The van der Waals surface area contributed by atoms with Gasteiger partial charge >= 0.3 is 0 Å². The van der Waals surface area contributed by atoms with E-state index in [-0.39, 0.29) is 18.1 Å². The number of nitrogens with two attached hydrogens (primary N) is 1. The maximum absolute atomic E-state index is 10.3. The lowest BCUT2D eigenvalue weighted by atomic mass is 9.92. The first-order valence-electron chi connectivity index (χ1n) is 12.0. The molecule has 1 saturated carbocycles. The number of piperidine rings is 1. The number of anilines is 2. The van der Waals surface area contributed by atoms with Crippen LogP contribution in [0.3, 0.4) is 0 Å². The first-order chi connectivity index (χ1) is 16.5. The van der Waals surface area contributed by atoms with E-state index in [2.05, 4.69) is 28.1 Å². The van der Waals surface area contributed by atoms with Crippen LogP contribution in [0.2, 0.25) is 0 Å². The van der Waals surface area contributed by atoms with Crippen LogP contribution in [0, 0.1) is 0 Å². The van der Waals surface area contributed by atoms with E-state index in [1.54, 1.807) is 11.6 Å². The van der Waals surface area contributed by atoms with Crippen molar-refractivity contribution in [3.63, 3.8) is 0 Å². The minimum Gasteiger partial charge on any atom is -0.497 e. The topological polar surface area (TPSA) is 120 Å². The maximum Gasteiger partial charge on any atom is 0.223 e. The molecule has 1 aromatic carbocycles. The van der Waals surface area contributed by atoms with Crippen molar-refractivity contribution in [3.05, 3.63) is 36.4 Å². The third-order valence-corrected chi connectivity index (χ3v) is 7.47. The Hall–Kier alpha value is -3.40. The van der Waals surface area contributed by atoms with Gasteiger partial charge in [-0.25, -0.2) is 9.97 Å². The van der Waals surface area contributed by atoms with E-state index < -0.39 is 0 Å². The summed E-state index contributed by atoms with van der Waals surface area (Å²) in [7, 11) is 1.63. The van der Waals surface area contributed by atoms with Crippen molar-refractivity contribution in [3.8, 4) is 5.75 Å². The number of benzene rings is 1. The SMILES string of the molecule is COc1ccc2c(c1)nc(N)n1nc([C@@H]3CC[C@H](C)N(c4cnn(C5CCC[C@@H]5O)c4)C3)nc21. The highest BCUT2D eigenvalue weighted by Crippen LogP contribution is 2.35. The average molecular weight is 463 g/mol. The largest absolute Gasteiger partial charge is 0.497 e. The molecule has 0 bridgehead atoms. The number of fused-ring (bicyclic) bond motifs is 3. The van der Waals surface area contributed by atoms with E-state index in [1.807, 2.05) is 29.1 Å². The Kier molecular flexibility index (Phi) is 5.05. The van der Waals surface area contributed by atoms with Crippen molar-refractivity contribution >= 4 is 28.2 Å². The van der Waals surface area contributed by atoms with E-state index in [0.29, 0.717) is 17.6 Å². The van der Waals surface area contributed by atoms with Gasteiger partial charge in [0.15, 0.2) is 11.5 Å². The molecule has 0 radical (unpaired) electrons. The molecule has 2 aliphatic rings. The number of aromatic nitrogens is 6. The maximum atomic E-state index is 10.3. The predicted molar refractivity (Wildman–Crippen MR) is 129 cm³/mol. The van der Waals surface area contributed by atoms with Gasteiger partial charge in [-0.2, -0.15) is 9.61 Å². The third kappa shape index (κ3) is 3.44. The molecule has 4 aromatic rings. The highest BCUT2D eigenvalue weighted by molar-refractivity contribution is 5.93. The van der Waals surface area contributed by atoms with Gasteiger partial charge < -0.3 is 20.5 Å². The quantitative estimate of drug-likeness (QED) is 0.475. The third-order valence-electron chi connectivity index (χ3n) is 7.47. The number of nitrogens with zero attached hydrogens (tertiary/aromatic N) is 7. The lowest BCUT2D eigenvalue weighted by Gasteiger charge is -2.37. The highest BCUT2D eigenvalue weighted by atomic mass is 16.5. The number of hydrogen-bond donors (Lipinski definition) is 2. The minimum atomic E-state index is -0.310. The van der Waals surface area contributed by atoms with Gasteiger partial charge in [0, 0.05) is 36.2 Å². The number of hydrogen-bond acceptors (Lipinski definition) is 8. The summed E-state index contributed by atoms with van der Waals surface area (Å²) in [4.78, 5) is 11.8. The van der Waals surface area contributed by atoms with Crippen LogP contribution in [0.4, 0.5) is 11.6 Å². The second-order valence-electron chi connectivity index (χ2n) is 9.58. The summed E-state index contributed by atoms with van der Waals surface area (Å²) in [5, 5.41) is 20.5. The van der Waals surface area contributed by atoms with Gasteiger partial charge in [0.25, 0.3) is 0 Å². The van der Waals surface area contributed by atoms with Crippen LogP contribution in [0.5, 0.6) is 5.75 Å². The Morgan fingerprint density at radius 3 is 2.82 bits per heavy atom. The standard InChI is InChI=1S/C24H30N8O2/c1-14-6-7-15(12-30(14)16-11-26-31(13-16)20-4-3-5-21(20)33)22-28-23-18-9-8-17(34-2)10-19(18)27-24(25)32(23)29-22/h8-11,13-15,20-21,33H,3-7,12H2,1-2H3,(H2,25,27)/t14-,15+,20?,21-/m0/s1. The van der Waals surface area contributed by atoms with Gasteiger partial charge in [-0.3, -0.25) is 4.68 Å². The molecule has 34 heavy (non-hydrogen) atoms. The van der Waals surface area contributed by atoms with Crippen molar-refractivity contribution in [1.29, 1.82) is 0 Å².